The fourth-order valence-corrected chi connectivity index (χ4v) is 5.77. The highest BCUT2D eigenvalue weighted by Gasteiger charge is 2.25. The monoisotopic (exact) mass is 551 g/mol. The zero-order valence-electron chi connectivity index (χ0n) is 22.6. The Kier molecular flexibility index (Phi) is 8.66. The molecule has 204 valence electrons. The summed E-state index contributed by atoms with van der Waals surface area (Å²) < 4.78 is 2.46. The van der Waals surface area contributed by atoms with E-state index in [1.54, 1.807) is 12.1 Å². The summed E-state index contributed by atoms with van der Waals surface area (Å²) in [6.45, 7) is 2.09. The number of nitrogens with zero attached hydrogens (tertiary/aromatic N) is 2. The van der Waals surface area contributed by atoms with Crippen LogP contribution in [0.25, 0.3) is 10.9 Å². The molecule has 5 rings (SSSR count). The molecule has 6 heteroatoms. The maximum atomic E-state index is 11.2. The van der Waals surface area contributed by atoms with E-state index < -0.39 is 5.97 Å². The molecule has 0 aliphatic carbocycles. The second kappa shape index (κ2) is 12.5. The number of carbonyl (C=O) groups is 1. The van der Waals surface area contributed by atoms with Gasteiger partial charge in [-0.05, 0) is 72.6 Å². The summed E-state index contributed by atoms with van der Waals surface area (Å²) in [5, 5.41) is 11.1. The zero-order valence-corrected chi connectivity index (χ0v) is 23.4. The second-order valence-corrected chi connectivity index (χ2v) is 10.6. The summed E-state index contributed by atoms with van der Waals surface area (Å²) in [5.74, 6) is -0.910. The Labute approximate surface area is 240 Å². The largest absolute Gasteiger partial charge is 0.478 e. The van der Waals surface area contributed by atoms with Crippen LogP contribution in [-0.4, -0.2) is 40.7 Å². The summed E-state index contributed by atoms with van der Waals surface area (Å²) in [6.07, 6.45) is 1.58. The first-order valence-electron chi connectivity index (χ1n) is 13.6. The molecule has 0 bridgehead atoms. The van der Waals surface area contributed by atoms with E-state index in [4.69, 9.17) is 17.3 Å². The van der Waals surface area contributed by atoms with Gasteiger partial charge in [-0.2, -0.15) is 0 Å². The molecule has 3 N–H and O–H groups in total. The number of carboxylic acid groups (broad SMARTS) is 1. The maximum Gasteiger partial charge on any atom is 0.335 e. The van der Waals surface area contributed by atoms with Crippen molar-refractivity contribution >= 4 is 28.5 Å². The molecule has 0 saturated carbocycles. The van der Waals surface area contributed by atoms with Gasteiger partial charge in [0.15, 0.2) is 0 Å². The molecular weight excluding hydrogens is 518 g/mol. The van der Waals surface area contributed by atoms with Gasteiger partial charge in [-0.1, -0.05) is 84.4 Å². The minimum Gasteiger partial charge on any atom is -0.478 e. The second-order valence-electron chi connectivity index (χ2n) is 10.2. The Bertz CT molecular complexity index is 1540. The molecule has 0 aliphatic heterocycles. The van der Waals surface area contributed by atoms with Crippen LogP contribution < -0.4 is 5.73 Å². The van der Waals surface area contributed by atoms with E-state index in [1.165, 1.54) is 22.4 Å². The van der Waals surface area contributed by atoms with Gasteiger partial charge in [-0.15, -0.1) is 0 Å². The fraction of sp³-hybridized carbons (Fsp3) is 0.206. The third kappa shape index (κ3) is 5.97. The molecule has 0 fully saturated rings. The smallest absolute Gasteiger partial charge is 0.335 e. The molecule has 0 spiro atoms. The van der Waals surface area contributed by atoms with Crippen molar-refractivity contribution in [1.29, 1.82) is 0 Å². The normalized spacial score (nSPS) is 11.5. The molecule has 0 aliphatic rings. The van der Waals surface area contributed by atoms with Gasteiger partial charge in [0, 0.05) is 41.1 Å². The van der Waals surface area contributed by atoms with E-state index in [9.17, 15) is 9.90 Å². The average Bonchev–Trinajstić information content (AvgIpc) is 3.25. The van der Waals surface area contributed by atoms with Gasteiger partial charge < -0.3 is 20.3 Å². The number of hydrogen-bond donors (Lipinski definition) is 2. The fourth-order valence-electron chi connectivity index (χ4n) is 5.60. The third-order valence-corrected chi connectivity index (χ3v) is 7.68. The van der Waals surface area contributed by atoms with Gasteiger partial charge >= 0.3 is 5.97 Å². The Morgan fingerprint density at radius 1 is 0.900 bits per heavy atom. The van der Waals surface area contributed by atoms with E-state index >= 15 is 0 Å². The van der Waals surface area contributed by atoms with Crippen LogP contribution in [0, 0.1) is 0 Å². The third-order valence-electron chi connectivity index (χ3n) is 7.45. The highest BCUT2D eigenvalue weighted by Crippen LogP contribution is 2.37. The van der Waals surface area contributed by atoms with Crippen molar-refractivity contribution in [2.24, 2.45) is 5.73 Å². The molecular formula is C34H34ClN3O2. The van der Waals surface area contributed by atoms with Crippen LogP contribution in [0.1, 0.15) is 44.3 Å². The van der Waals surface area contributed by atoms with Crippen molar-refractivity contribution in [2.75, 3.05) is 20.1 Å². The molecule has 0 amide bonds. The van der Waals surface area contributed by atoms with Crippen molar-refractivity contribution in [2.45, 2.75) is 25.4 Å². The molecule has 0 atom stereocenters. The molecule has 1 heterocycles. The number of likely N-dealkylation sites (N-methyl/N-ethyl adjacent to an activating group) is 1. The molecule has 5 nitrogen and oxygen atoms in total. The topological polar surface area (TPSA) is 71.5 Å². The lowest BCUT2D eigenvalue weighted by molar-refractivity contribution is 0.0697. The van der Waals surface area contributed by atoms with Crippen LogP contribution in [0.2, 0.25) is 5.02 Å². The van der Waals surface area contributed by atoms with E-state index in [0.717, 1.165) is 42.4 Å². The molecule has 0 unspecified atom stereocenters. The SMILES string of the molecule is CN(CCc1c(CCN)n(C(c2ccccc2)c2ccccc2)c2ccc(Cl)cc12)Cc1ccc(C(=O)O)cc1. The van der Waals surface area contributed by atoms with E-state index in [0.29, 0.717) is 17.1 Å². The highest BCUT2D eigenvalue weighted by atomic mass is 35.5. The first-order chi connectivity index (χ1) is 19.5. The Balaban J connectivity index is 1.55. The number of aromatic carboxylic acids is 1. The highest BCUT2D eigenvalue weighted by molar-refractivity contribution is 6.31. The van der Waals surface area contributed by atoms with E-state index in [2.05, 4.69) is 89.3 Å². The van der Waals surface area contributed by atoms with Gasteiger partial charge in [0.2, 0.25) is 0 Å². The first-order valence-corrected chi connectivity index (χ1v) is 14.0. The Morgan fingerprint density at radius 3 is 2.10 bits per heavy atom. The van der Waals surface area contributed by atoms with Gasteiger partial charge in [0.25, 0.3) is 0 Å². The minimum absolute atomic E-state index is 0.00754. The van der Waals surface area contributed by atoms with Gasteiger partial charge in [0.1, 0.15) is 0 Å². The van der Waals surface area contributed by atoms with Crippen LogP contribution in [0.3, 0.4) is 0 Å². The lowest BCUT2D eigenvalue weighted by atomic mass is 9.97. The van der Waals surface area contributed by atoms with Crippen molar-refractivity contribution in [1.82, 2.24) is 9.47 Å². The summed E-state index contributed by atoms with van der Waals surface area (Å²) in [4.78, 5) is 13.5. The molecule has 40 heavy (non-hydrogen) atoms. The number of halogens is 1. The van der Waals surface area contributed by atoms with Crippen LogP contribution in [0.4, 0.5) is 0 Å². The van der Waals surface area contributed by atoms with Crippen LogP contribution in [0.5, 0.6) is 0 Å². The standard InChI is InChI=1S/C34H34ClN3O2/c1-37(23-24-12-14-27(15-13-24)34(39)40)21-19-29-30-22-28(35)16-17-31(30)38(32(29)18-20-36)33(25-8-4-2-5-9-25)26-10-6-3-7-11-26/h2-17,22,33H,18-21,23,36H2,1H3,(H,39,40). The quantitative estimate of drug-likeness (QED) is 0.189. The van der Waals surface area contributed by atoms with Crippen LogP contribution in [-0.2, 0) is 19.4 Å². The predicted molar refractivity (Wildman–Crippen MR) is 163 cm³/mol. The summed E-state index contributed by atoms with van der Waals surface area (Å²) >= 11 is 6.56. The summed E-state index contributed by atoms with van der Waals surface area (Å²) in [6, 6.07) is 34.5. The summed E-state index contributed by atoms with van der Waals surface area (Å²) in [5.41, 5.74) is 13.7. The number of carboxylic acids is 1. The van der Waals surface area contributed by atoms with Crippen molar-refractivity contribution in [3.8, 4) is 0 Å². The Morgan fingerprint density at radius 2 is 1.52 bits per heavy atom. The molecule has 0 radical (unpaired) electrons. The van der Waals surface area contributed by atoms with Gasteiger partial charge in [0.05, 0.1) is 11.6 Å². The Hall–Kier alpha value is -3.90. The molecule has 1 aromatic heterocycles. The lowest BCUT2D eigenvalue weighted by Gasteiger charge is -2.25. The minimum atomic E-state index is -0.910. The maximum absolute atomic E-state index is 11.2. The number of fused-ring (bicyclic) bond motifs is 1. The average molecular weight is 552 g/mol. The first kappa shape index (κ1) is 27.7. The van der Waals surface area contributed by atoms with Gasteiger partial charge in [-0.3, -0.25) is 0 Å². The lowest BCUT2D eigenvalue weighted by Crippen LogP contribution is -2.22. The predicted octanol–water partition coefficient (Wildman–Crippen LogP) is 6.81. The van der Waals surface area contributed by atoms with E-state index in [-0.39, 0.29) is 6.04 Å². The zero-order chi connectivity index (χ0) is 28.1. The van der Waals surface area contributed by atoms with Crippen molar-refractivity contribution in [3.63, 3.8) is 0 Å². The number of benzene rings is 4. The number of nitrogens with two attached hydrogens (primary N) is 1. The van der Waals surface area contributed by atoms with Gasteiger partial charge in [-0.25, -0.2) is 4.79 Å². The number of hydrogen-bond acceptors (Lipinski definition) is 3. The number of rotatable bonds is 11. The molecule has 5 aromatic rings. The van der Waals surface area contributed by atoms with Crippen LogP contribution >= 0.6 is 11.6 Å². The molecule has 4 aromatic carbocycles. The summed E-state index contributed by atoms with van der Waals surface area (Å²) in [7, 11) is 2.09. The molecule has 0 saturated heterocycles. The van der Waals surface area contributed by atoms with Crippen molar-refractivity contribution in [3.05, 3.63) is 142 Å². The van der Waals surface area contributed by atoms with Crippen molar-refractivity contribution < 1.29 is 9.90 Å². The van der Waals surface area contributed by atoms with E-state index in [1.807, 2.05) is 18.2 Å². The van der Waals surface area contributed by atoms with Crippen LogP contribution in [0.15, 0.2) is 103 Å². The number of aromatic nitrogens is 1.